The van der Waals surface area contributed by atoms with Gasteiger partial charge in [-0.3, -0.25) is 10.2 Å². The molecule has 0 fully saturated rings. The molecule has 0 aliphatic heterocycles. The van der Waals surface area contributed by atoms with E-state index < -0.39 is 15.9 Å². The molecule has 0 atom stereocenters. The predicted molar refractivity (Wildman–Crippen MR) is 86.9 cm³/mol. The van der Waals surface area contributed by atoms with E-state index in [2.05, 4.69) is 5.43 Å². The first-order valence-electron chi connectivity index (χ1n) is 6.73. The molecule has 0 bridgehead atoms. The number of benzene rings is 2. The molecule has 1 amide bonds. The van der Waals surface area contributed by atoms with Gasteiger partial charge in [-0.25, -0.2) is 8.42 Å². The smallest absolute Gasteiger partial charge is 0.266 e. The summed E-state index contributed by atoms with van der Waals surface area (Å²) in [6, 6.07) is 11.9. The minimum atomic E-state index is -3.87. The second-order valence-corrected chi connectivity index (χ2v) is 6.59. The molecule has 0 radical (unpaired) electrons. The third kappa shape index (κ3) is 4.69. The van der Waals surface area contributed by atoms with Crippen LogP contribution in [0, 0.1) is 0 Å². The number of ether oxygens (including phenoxy) is 1. The van der Waals surface area contributed by atoms with Crippen molar-refractivity contribution in [2.24, 2.45) is 0 Å². The molecule has 0 saturated heterocycles. The van der Waals surface area contributed by atoms with Crippen molar-refractivity contribution in [2.45, 2.75) is 11.8 Å². The highest BCUT2D eigenvalue weighted by atomic mass is 35.5. The third-order valence-corrected chi connectivity index (χ3v) is 4.37. The second kappa shape index (κ2) is 7.45. The van der Waals surface area contributed by atoms with Crippen molar-refractivity contribution in [1.29, 1.82) is 0 Å². The van der Waals surface area contributed by atoms with Gasteiger partial charge in [0.05, 0.1) is 11.5 Å². The summed E-state index contributed by atoms with van der Waals surface area (Å²) >= 11 is 5.73. The fourth-order valence-electron chi connectivity index (χ4n) is 1.73. The highest BCUT2D eigenvalue weighted by Crippen LogP contribution is 2.15. The summed E-state index contributed by atoms with van der Waals surface area (Å²) in [5.74, 6) is -0.0205. The van der Waals surface area contributed by atoms with E-state index in [1.165, 1.54) is 36.4 Å². The molecule has 23 heavy (non-hydrogen) atoms. The molecule has 8 heteroatoms. The summed E-state index contributed by atoms with van der Waals surface area (Å²) < 4.78 is 29.5. The fourth-order valence-corrected chi connectivity index (χ4v) is 2.69. The van der Waals surface area contributed by atoms with Crippen LogP contribution in [0.1, 0.15) is 17.3 Å². The Balaban J connectivity index is 2.03. The number of nitrogens with one attached hydrogen (secondary N) is 2. The Morgan fingerprint density at radius 1 is 1.09 bits per heavy atom. The number of carbonyl (C=O) groups excluding carboxylic acids is 1. The van der Waals surface area contributed by atoms with E-state index in [1.54, 1.807) is 12.1 Å². The van der Waals surface area contributed by atoms with Crippen molar-refractivity contribution in [3.8, 4) is 5.75 Å². The molecule has 0 unspecified atom stereocenters. The van der Waals surface area contributed by atoms with Crippen molar-refractivity contribution < 1.29 is 17.9 Å². The molecular formula is C15H15ClN2O4S. The summed E-state index contributed by atoms with van der Waals surface area (Å²) in [5, 5.41) is 0.483. The van der Waals surface area contributed by atoms with Crippen molar-refractivity contribution >= 4 is 27.5 Å². The Labute approximate surface area is 139 Å². The average molecular weight is 355 g/mol. The van der Waals surface area contributed by atoms with Crippen LogP contribution in [0.15, 0.2) is 53.4 Å². The van der Waals surface area contributed by atoms with Gasteiger partial charge in [0.1, 0.15) is 5.75 Å². The van der Waals surface area contributed by atoms with E-state index in [9.17, 15) is 13.2 Å². The van der Waals surface area contributed by atoms with Crippen molar-refractivity contribution in [2.75, 3.05) is 6.61 Å². The van der Waals surface area contributed by atoms with Gasteiger partial charge in [-0.15, -0.1) is 4.83 Å². The lowest BCUT2D eigenvalue weighted by atomic mass is 10.2. The molecular weight excluding hydrogens is 340 g/mol. The van der Waals surface area contributed by atoms with E-state index in [1.807, 2.05) is 11.8 Å². The first-order valence-corrected chi connectivity index (χ1v) is 8.59. The maximum atomic E-state index is 12.1. The Bertz CT molecular complexity index is 774. The quantitative estimate of drug-likeness (QED) is 0.780. The predicted octanol–water partition coefficient (Wildman–Crippen LogP) is 2.36. The lowest BCUT2D eigenvalue weighted by molar-refractivity contribution is 0.0945. The number of sulfonamides is 1. The minimum Gasteiger partial charge on any atom is -0.494 e. The number of amides is 1. The number of hydrogen-bond acceptors (Lipinski definition) is 4. The molecule has 2 rings (SSSR count). The summed E-state index contributed by atoms with van der Waals surface area (Å²) in [5.41, 5.74) is 2.43. The van der Waals surface area contributed by atoms with Crippen molar-refractivity contribution in [1.82, 2.24) is 10.3 Å². The molecule has 0 aromatic heterocycles. The monoisotopic (exact) mass is 354 g/mol. The topological polar surface area (TPSA) is 84.5 Å². The first kappa shape index (κ1) is 17.3. The summed E-state index contributed by atoms with van der Waals surface area (Å²) in [4.78, 5) is 13.9. The van der Waals surface area contributed by atoms with Gasteiger partial charge in [-0.05, 0) is 55.5 Å². The summed E-state index contributed by atoms with van der Waals surface area (Å²) in [6.45, 7) is 2.32. The number of hydrazine groups is 1. The Morgan fingerprint density at radius 2 is 1.70 bits per heavy atom. The molecule has 6 nitrogen and oxygen atoms in total. The van der Waals surface area contributed by atoms with Gasteiger partial charge in [-0.1, -0.05) is 11.6 Å². The largest absolute Gasteiger partial charge is 0.494 e. The van der Waals surface area contributed by atoms with Gasteiger partial charge in [0.2, 0.25) is 0 Å². The van der Waals surface area contributed by atoms with E-state index in [0.29, 0.717) is 17.4 Å². The van der Waals surface area contributed by atoms with Crippen LogP contribution < -0.4 is 15.0 Å². The van der Waals surface area contributed by atoms with E-state index in [-0.39, 0.29) is 10.5 Å². The summed E-state index contributed by atoms with van der Waals surface area (Å²) in [6.07, 6.45) is 0. The normalized spacial score (nSPS) is 11.0. The van der Waals surface area contributed by atoms with Crippen LogP contribution in [0.4, 0.5) is 0 Å². The lowest BCUT2D eigenvalue weighted by Crippen LogP contribution is -2.41. The molecule has 0 saturated carbocycles. The second-order valence-electron chi connectivity index (χ2n) is 4.47. The maximum Gasteiger partial charge on any atom is 0.266 e. The first-order chi connectivity index (χ1) is 10.9. The molecule has 0 aliphatic rings. The van der Waals surface area contributed by atoms with Crippen LogP contribution >= 0.6 is 11.6 Å². The number of rotatable bonds is 6. The zero-order chi connectivity index (χ0) is 16.9. The van der Waals surface area contributed by atoms with Gasteiger partial charge in [0.15, 0.2) is 0 Å². The zero-order valence-electron chi connectivity index (χ0n) is 12.2. The maximum absolute atomic E-state index is 12.1. The molecule has 2 N–H and O–H groups in total. The number of halogens is 1. The fraction of sp³-hybridized carbons (Fsp3) is 0.133. The molecule has 0 heterocycles. The lowest BCUT2D eigenvalue weighted by Gasteiger charge is -2.09. The van der Waals surface area contributed by atoms with E-state index >= 15 is 0 Å². The highest BCUT2D eigenvalue weighted by Gasteiger charge is 2.15. The van der Waals surface area contributed by atoms with Crippen LogP contribution in [-0.4, -0.2) is 20.9 Å². The zero-order valence-corrected chi connectivity index (χ0v) is 13.8. The summed E-state index contributed by atoms with van der Waals surface area (Å²) in [7, 11) is -3.87. The Morgan fingerprint density at radius 3 is 2.26 bits per heavy atom. The van der Waals surface area contributed by atoms with Crippen LogP contribution in [0.2, 0.25) is 5.02 Å². The third-order valence-electron chi connectivity index (χ3n) is 2.85. The van der Waals surface area contributed by atoms with Gasteiger partial charge < -0.3 is 4.74 Å². The molecule has 0 aliphatic carbocycles. The molecule has 2 aromatic rings. The molecule has 122 valence electrons. The van der Waals surface area contributed by atoms with Crippen LogP contribution in [0.25, 0.3) is 0 Å². The van der Waals surface area contributed by atoms with Gasteiger partial charge in [0.25, 0.3) is 15.9 Å². The number of hydrogen-bond donors (Lipinski definition) is 2. The van der Waals surface area contributed by atoms with Gasteiger partial charge >= 0.3 is 0 Å². The van der Waals surface area contributed by atoms with Crippen molar-refractivity contribution in [3.63, 3.8) is 0 Å². The van der Waals surface area contributed by atoms with Crippen LogP contribution in [0.3, 0.4) is 0 Å². The van der Waals surface area contributed by atoms with Crippen LogP contribution in [-0.2, 0) is 10.0 Å². The minimum absolute atomic E-state index is 0.0114. The standard InChI is InChI=1S/C15H15ClN2O4S/c1-2-22-13-7-9-14(10-8-13)23(20,21)18-17-15(19)11-3-5-12(16)6-4-11/h3-10,18H,2H2,1H3,(H,17,19). The van der Waals surface area contributed by atoms with Crippen LogP contribution in [0.5, 0.6) is 5.75 Å². The molecule has 2 aromatic carbocycles. The van der Waals surface area contributed by atoms with Crippen molar-refractivity contribution in [3.05, 3.63) is 59.1 Å². The van der Waals surface area contributed by atoms with E-state index in [0.717, 1.165) is 0 Å². The average Bonchev–Trinajstić information content (AvgIpc) is 2.54. The Hall–Kier alpha value is -2.09. The SMILES string of the molecule is CCOc1ccc(S(=O)(=O)NNC(=O)c2ccc(Cl)cc2)cc1. The van der Waals surface area contributed by atoms with E-state index in [4.69, 9.17) is 16.3 Å². The molecule has 0 spiro atoms. The van der Waals surface area contributed by atoms with Gasteiger partial charge in [-0.2, -0.15) is 0 Å². The van der Waals surface area contributed by atoms with Gasteiger partial charge in [0, 0.05) is 10.6 Å². The Kier molecular flexibility index (Phi) is 5.59. The number of carbonyl (C=O) groups is 1. The highest BCUT2D eigenvalue weighted by molar-refractivity contribution is 7.89.